The molecule has 1 atom stereocenters. The van der Waals surface area contributed by atoms with Crippen LogP contribution < -0.4 is 10.1 Å². The maximum absolute atomic E-state index is 12.9. The predicted octanol–water partition coefficient (Wildman–Crippen LogP) is 2.73. The van der Waals surface area contributed by atoms with Crippen LogP contribution in [0.15, 0.2) is 42.5 Å². The second-order valence-electron chi connectivity index (χ2n) is 5.39. The van der Waals surface area contributed by atoms with Gasteiger partial charge in [0.05, 0.1) is 14.2 Å². The van der Waals surface area contributed by atoms with Gasteiger partial charge < -0.3 is 19.5 Å². The third kappa shape index (κ3) is 2.83. The summed E-state index contributed by atoms with van der Waals surface area (Å²) in [4.78, 5) is 24.6. The Morgan fingerprint density at radius 3 is 2.64 bits per heavy atom. The molecule has 1 unspecified atom stereocenters. The average molecular weight is 362 g/mol. The third-order valence-corrected chi connectivity index (χ3v) is 4.28. The Bertz CT molecular complexity index is 838. The fourth-order valence-electron chi connectivity index (χ4n) is 2.90. The van der Waals surface area contributed by atoms with Gasteiger partial charge in [-0.1, -0.05) is 29.8 Å². The van der Waals surface area contributed by atoms with Crippen LogP contribution in [0.3, 0.4) is 0 Å². The summed E-state index contributed by atoms with van der Waals surface area (Å²) in [6.45, 7) is -0.409. The number of amides is 1. The Labute approximate surface area is 149 Å². The number of carbonyl (C=O) groups excluding carboxylic acids is 2. The molecule has 3 rings (SSSR count). The Kier molecular flexibility index (Phi) is 4.65. The zero-order valence-electron chi connectivity index (χ0n) is 13.7. The number of rotatable bonds is 5. The standard InChI is InChI=1S/C18H16ClNO5/c1-23-15-6-4-3-5-12(15)18(25-10-16(21)24-2)13-9-11(19)7-8-14(13)20-17(18)22/h3-9H,10H2,1-2H3,(H,20,22). The van der Waals surface area contributed by atoms with Crippen LogP contribution in [0.1, 0.15) is 11.1 Å². The molecule has 0 saturated carbocycles. The molecule has 7 heteroatoms. The van der Waals surface area contributed by atoms with E-state index >= 15 is 0 Å². The van der Waals surface area contributed by atoms with Crippen molar-refractivity contribution in [3.63, 3.8) is 0 Å². The van der Waals surface area contributed by atoms with Crippen molar-refractivity contribution >= 4 is 29.2 Å². The number of halogens is 1. The van der Waals surface area contributed by atoms with E-state index < -0.39 is 24.1 Å². The third-order valence-electron chi connectivity index (χ3n) is 4.05. The molecule has 6 nitrogen and oxygen atoms in total. The average Bonchev–Trinajstić information content (AvgIpc) is 2.91. The van der Waals surface area contributed by atoms with Crippen molar-refractivity contribution in [2.45, 2.75) is 5.60 Å². The summed E-state index contributed by atoms with van der Waals surface area (Å²) < 4.78 is 15.9. The van der Waals surface area contributed by atoms with E-state index in [1.807, 2.05) is 0 Å². The van der Waals surface area contributed by atoms with Gasteiger partial charge in [0.1, 0.15) is 12.4 Å². The van der Waals surface area contributed by atoms with Gasteiger partial charge in [-0.15, -0.1) is 0 Å². The SMILES string of the molecule is COC(=O)COC1(c2ccccc2OC)C(=O)Nc2ccc(Cl)cc21. The molecular formula is C18H16ClNO5. The zero-order chi connectivity index (χ0) is 18.0. The normalized spacial score (nSPS) is 18.4. The van der Waals surface area contributed by atoms with Crippen molar-refractivity contribution < 1.29 is 23.8 Å². The lowest BCUT2D eigenvalue weighted by Crippen LogP contribution is -2.40. The lowest BCUT2D eigenvalue weighted by molar-refractivity contribution is -0.155. The van der Waals surface area contributed by atoms with Gasteiger partial charge >= 0.3 is 5.97 Å². The van der Waals surface area contributed by atoms with E-state index in [2.05, 4.69) is 10.1 Å². The van der Waals surface area contributed by atoms with Crippen LogP contribution in [0.5, 0.6) is 5.75 Å². The summed E-state index contributed by atoms with van der Waals surface area (Å²) >= 11 is 6.13. The number of fused-ring (bicyclic) bond motifs is 1. The molecule has 2 aromatic rings. The molecule has 0 saturated heterocycles. The first kappa shape index (κ1) is 17.3. The van der Waals surface area contributed by atoms with E-state index in [1.165, 1.54) is 14.2 Å². The van der Waals surface area contributed by atoms with Gasteiger partial charge in [0.25, 0.3) is 5.91 Å². The van der Waals surface area contributed by atoms with Gasteiger partial charge in [-0.3, -0.25) is 4.79 Å². The van der Waals surface area contributed by atoms with Crippen LogP contribution in [0, 0.1) is 0 Å². The van der Waals surface area contributed by atoms with Crippen LogP contribution in [-0.2, 0) is 24.7 Å². The van der Waals surface area contributed by atoms with Crippen molar-refractivity contribution in [2.24, 2.45) is 0 Å². The van der Waals surface area contributed by atoms with Crippen molar-refractivity contribution in [1.82, 2.24) is 0 Å². The monoisotopic (exact) mass is 361 g/mol. The van der Waals surface area contributed by atoms with Crippen molar-refractivity contribution in [1.29, 1.82) is 0 Å². The van der Waals surface area contributed by atoms with Gasteiger partial charge in [-0.05, 0) is 24.3 Å². The minimum absolute atomic E-state index is 0.409. The number of anilines is 1. The second kappa shape index (κ2) is 6.74. The number of hydrogen-bond donors (Lipinski definition) is 1. The lowest BCUT2D eigenvalue weighted by atomic mass is 9.86. The van der Waals surface area contributed by atoms with Gasteiger partial charge in [-0.2, -0.15) is 0 Å². The largest absolute Gasteiger partial charge is 0.496 e. The summed E-state index contributed by atoms with van der Waals surface area (Å²) in [6.07, 6.45) is 0. The summed E-state index contributed by atoms with van der Waals surface area (Å²) in [7, 11) is 2.75. The smallest absolute Gasteiger partial charge is 0.331 e. The Hall–Kier alpha value is -2.57. The number of benzene rings is 2. The number of hydrogen-bond acceptors (Lipinski definition) is 5. The molecule has 2 aromatic carbocycles. The number of para-hydroxylation sites is 1. The molecular weight excluding hydrogens is 346 g/mol. The number of carbonyl (C=O) groups is 2. The van der Waals surface area contributed by atoms with E-state index in [4.69, 9.17) is 21.1 Å². The molecule has 0 aliphatic carbocycles. The lowest BCUT2D eigenvalue weighted by Gasteiger charge is -2.29. The molecule has 0 radical (unpaired) electrons. The first-order chi connectivity index (χ1) is 12.0. The number of ether oxygens (including phenoxy) is 3. The summed E-state index contributed by atoms with van der Waals surface area (Å²) in [5, 5.41) is 3.22. The molecule has 1 N–H and O–H groups in total. The van der Waals surface area contributed by atoms with Gasteiger partial charge in [0, 0.05) is 21.8 Å². The summed E-state index contributed by atoms with van der Waals surface area (Å²) in [5.41, 5.74) is -0.0235. The molecule has 0 aromatic heterocycles. The van der Waals surface area contributed by atoms with E-state index in [9.17, 15) is 9.59 Å². The summed E-state index contributed by atoms with van der Waals surface area (Å²) in [5.74, 6) is -0.578. The first-order valence-corrected chi connectivity index (χ1v) is 7.86. The van der Waals surface area contributed by atoms with Crippen LogP contribution in [0.25, 0.3) is 0 Å². The maximum Gasteiger partial charge on any atom is 0.331 e. The Balaban J connectivity index is 2.22. The number of esters is 1. The van der Waals surface area contributed by atoms with E-state index in [0.29, 0.717) is 27.6 Å². The Morgan fingerprint density at radius 1 is 1.16 bits per heavy atom. The van der Waals surface area contributed by atoms with Crippen LogP contribution in [0.2, 0.25) is 5.02 Å². The molecule has 1 heterocycles. The fourth-order valence-corrected chi connectivity index (χ4v) is 3.07. The predicted molar refractivity (Wildman–Crippen MR) is 91.8 cm³/mol. The van der Waals surface area contributed by atoms with Gasteiger partial charge in [-0.25, -0.2) is 4.79 Å². The summed E-state index contributed by atoms with van der Waals surface area (Å²) in [6, 6.07) is 12.0. The van der Waals surface area contributed by atoms with E-state index in [1.54, 1.807) is 42.5 Å². The molecule has 0 spiro atoms. The quantitative estimate of drug-likeness (QED) is 0.829. The van der Waals surface area contributed by atoms with Gasteiger partial charge in [0.15, 0.2) is 0 Å². The second-order valence-corrected chi connectivity index (χ2v) is 5.83. The van der Waals surface area contributed by atoms with Gasteiger partial charge in [0.2, 0.25) is 5.60 Å². The topological polar surface area (TPSA) is 73.9 Å². The molecule has 0 bridgehead atoms. The van der Waals surface area contributed by atoms with Crippen LogP contribution >= 0.6 is 11.6 Å². The highest BCUT2D eigenvalue weighted by molar-refractivity contribution is 6.31. The molecule has 0 fully saturated rings. The van der Waals surface area contributed by atoms with Crippen LogP contribution in [-0.4, -0.2) is 32.7 Å². The minimum Gasteiger partial charge on any atom is -0.496 e. The molecule has 1 aliphatic rings. The first-order valence-electron chi connectivity index (χ1n) is 7.48. The highest BCUT2D eigenvalue weighted by atomic mass is 35.5. The van der Waals surface area contributed by atoms with Crippen LogP contribution in [0.4, 0.5) is 5.69 Å². The zero-order valence-corrected chi connectivity index (χ0v) is 14.4. The Morgan fingerprint density at radius 2 is 1.92 bits per heavy atom. The maximum atomic E-state index is 12.9. The highest BCUT2D eigenvalue weighted by Crippen LogP contribution is 2.47. The van der Waals surface area contributed by atoms with Crippen molar-refractivity contribution in [2.75, 3.05) is 26.1 Å². The van der Waals surface area contributed by atoms with E-state index in [-0.39, 0.29) is 0 Å². The number of nitrogens with one attached hydrogen (secondary N) is 1. The molecule has 1 aliphatic heterocycles. The van der Waals surface area contributed by atoms with Crippen molar-refractivity contribution in [3.8, 4) is 5.75 Å². The molecule has 130 valence electrons. The molecule has 25 heavy (non-hydrogen) atoms. The van der Waals surface area contributed by atoms with Crippen molar-refractivity contribution in [3.05, 3.63) is 58.6 Å². The molecule has 1 amide bonds. The number of methoxy groups -OCH3 is 2. The van der Waals surface area contributed by atoms with E-state index in [0.717, 1.165) is 0 Å². The minimum atomic E-state index is -1.57. The fraction of sp³-hybridized carbons (Fsp3) is 0.222. The highest BCUT2D eigenvalue weighted by Gasteiger charge is 2.51.